The third kappa shape index (κ3) is 5.46. The predicted molar refractivity (Wildman–Crippen MR) is 84.7 cm³/mol. The molecule has 0 aliphatic heterocycles. The molecule has 0 aromatic carbocycles. The van der Waals surface area contributed by atoms with Crippen LogP contribution in [0.4, 0.5) is 0 Å². The second-order valence-corrected chi connectivity index (χ2v) is 6.31. The van der Waals surface area contributed by atoms with Gasteiger partial charge in [-0.25, -0.2) is 0 Å². The van der Waals surface area contributed by atoms with E-state index in [2.05, 4.69) is 29.5 Å². The van der Waals surface area contributed by atoms with E-state index in [-0.39, 0.29) is 5.91 Å². The van der Waals surface area contributed by atoms with Crippen molar-refractivity contribution in [3.05, 3.63) is 30.1 Å². The lowest BCUT2D eigenvalue weighted by atomic mass is 9.79. The third-order valence-electron chi connectivity index (χ3n) is 4.60. The van der Waals surface area contributed by atoms with Crippen LogP contribution in [0, 0.1) is 11.8 Å². The maximum atomic E-state index is 11.8. The van der Waals surface area contributed by atoms with Crippen molar-refractivity contribution in [3.8, 4) is 0 Å². The molecule has 0 saturated heterocycles. The van der Waals surface area contributed by atoms with E-state index >= 15 is 0 Å². The molecule has 1 amide bonds. The van der Waals surface area contributed by atoms with E-state index in [1.807, 2.05) is 12.1 Å². The van der Waals surface area contributed by atoms with Crippen LogP contribution in [0.5, 0.6) is 0 Å². The minimum absolute atomic E-state index is 0.101. The molecule has 1 aromatic heterocycles. The van der Waals surface area contributed by atoms with Crippen LogP contribution in [-0.2, 0) is 11.3 Å². The summed E-state index contributed by atoms with van der Waals surface area (Å²) in [6.45, 7) is 6.00. The molecule has 0 spiro atoms. The topological polar surface area (TPSA) is 54.0 Å². The molecule has 3 atom stereocenters. The Bertz CT molecular complexity index is 435. The second kappa shape index (κ2) is 8.13. The number of hydrogen-bond donors (Lipinski definition) is 2. The monoisotopic (exact) mass is 289 g/mol. The quantitative estimate of drug-likeness (QED) is 0.846. The van der Waals surface area contributed by atoms with Crippen LogP contribution in [0.25, 0.3) is 0 Å². The Morgan fingerprint density at radius 3 is 2.90 bits per heavy atom. The van der Waals surface area contributed by atoms with Crippen molar-refractivity contribution in [1.82, 2.24) is 15.6 Å². The fraction of sp³-hybridized carbons (Fsp3) is 0.647. The zero-order chi connectivity index (χ0) is 15.1. The summed E-state index contributed by atoms with van der Waals surface area (Å²) in [4.78, 5) is 15.8. The molecule has 1 aromatic rings. The summed E-state index contributed by atoms with van der Waals surface area (Å²) < 4.78 is 0. The van der Waals surface area contributed by atoms with Gasteiger partial charge in [0.1, 0.15) is 0 Å². The standard InChI is InChI=1S/C17H27N3O/c1-13-5-6-16(10-14(13)2)19-9-7-17(21)20-12-15-4-3-8-18-11-15/h3-4,8,11,13-14,16,19H,5-7,9-10,12H2,1-2H3,(H,20,21)/t13-,14+,16+/m1/s1. The van der Waals surface area contributed by atoms with Gasteiger partial charge in [-0.2, -0.15) is 0 Å². The van der Waals surface area contributed by atoms with Crippen molar-refractivity contribution in [3.63, 3.8) is 0 Å². The van der Waals surface area contributed by atoms with Gasteiger partial charge >= 0.3 is 0 Å². The molecule has 1 saturated carbocycles. The summed E-state index contributed by atoms with van der Waals surface area (Å²) in [6, 6.07) is 4.44. The van der Waals surface area contributed by atoms with Crippen LogP contribution < -0.4 is 10.6 Å². The van der Waals surface area contributed by atoms with E-state index in [9.17, 15) is 4.79 Å². The van der Waals surface area contributed by atoms with Gasteiger partial charge < -0.3 is 10.6 Å². The summed E-state index contributed by atoms with van der Waals surface area (Å²) in [5.74, 6) is 1.73. The first kappa shape index (κ1) is 16.0. The predicted octanol–water partition coefficient (Wildman–Crippen LogP) is 2.50. The first-order valence-corrected chi connectivity index (χ1v) is 8.04. The lowest BCUT2D eigenvalue weighted by Crippen LogP contribution is -2.38. The Morgan fingerprint density at radius 1 is 1.33 bits per heavy atom. The lowest BCUT2D eigenvalue weighted by molar-refractivity contribution is -0.121. The number of rotatable bonds is 6. The highest BCUT2D eigenvalue weighted by Gasteiger charge is 2.23. The minimum Gasteiger partial charge on any atom is -0.352 e. The van der Waals surface area contributed by atoms with Crippen LogP contribution in [0.15, 0.2) is 24.5 Å². The highest BCUT2D eigenvalue weighted by atomic mass is 16.1. The van der Waals surface area contributed by atoms with Crippen molar-refractivity contribution in [2.75, 3.05) is 6.54 Å². The Balaban J connectivity index is 1.59. The van der Waals surface area contributed by atoms with Gasteiger partial charge in [-0.05, 0) is 42.7 Å². The summed E-state index contributed by atoms with van der Waals surface area (Å²) >= 11 is 0. The van der Waals surface area contributed by atoms with Crippen LogP contribution >= 0.6 is 0 Å². The molecule has 1 heterocycles. The fourth-order valence-corrected chi connectivity index (χ4v) is 2.91. The highest BCUT2D eigenvalue weighted by Crippen LogP contribution is 2.29. The normalized spacial score (nSPS) is 25.5. The van der Waals surface area contributed by atoms with Gasteiger partial charge in [0.2, 0.25) is 5.91 Å². The maximum Gasteiger partial charge on any atom is 0.221 e. The molecule has 0 radical (unpaired) electrons. The smallest absolute Gasteiger partial charge is 0.221 e. The largest absolute Gasteiger partial charge is 0.352 e. The van der Waals surface area contributed by atoms with Gasteiger partial charge in [-0.1, -0.05) is 19.9 Å². The van der Waals surface area contributed by atoms with Gasteiger partial charge in [-0.3, -0.25) is 9.78 Å². The Morgan fingerprint density at radius 2 is 2.19 bits per heavy atom. The molecule has 21 heavy (non-hydrogen) atoms. The number of hydrogen-bond acceptors (Lipinski definition) is 3. The first-order valence-electron chi connectivity index (χ1n) is 8.04. The number of pyridine rings is 1. The van der Waals surface area contributed by atoms with Crippen molar-refractivity contribution in [2.24, 2.45) is 11.8 Å². The van der Waals surface area contributed by atoms with E-state index in [1.54, 1.807) is 12.4 Å². The number of aromatic nitrogens is 1. The Labute approximate surface area is 127 Å². The molecule has 1 aliphatic carbocycles. The number of nitrogens with zero attached hydrogens (tertiary/aromatic N) is 1. The number of amides is 1. The van der Waals surface area contributed by atoms with Gasteiger partial charge in [0.15, 0.2) is 0 Å². The molecular weight excluding hydrogens is 262 g/mol. The molecule has 1 fully saturated rings. The van der Waals surface area contributed by atoms with Crippen LogP contribution in [0.1, 0.15) is 45.1 Å². The molecule has 116 valence electrons. The molecule has 4 nitrogen and oxygen atoms in total. The van der Waals surface area contributed by atoms with Gasteiger partial charge in [0, 0.05) is 37.9 Å². The maximum absolute atomic E-state index is 11.8. The number of carbonyl (C=O) groups excluding carboxylic acids is 1. The van der Waals surface area contributed by atoms with Crippen molar-refractivity contribution >= 4 is 5.91 Å². The summed E-state index contributed by atoms with van der Waals surface area (Å²) in [6.07, 6.45) is 7.83. The van der Waals surface area contributed by atoms with Crippen molar-refractivity contribution in [2.45, 2.75) is 52.1 Å². The Hall–Kier alpha value is -1.42. The fourth-order valence-electron chi connectivity index (χ4n) is 2.91. The van der Waals surface area contributed by atoms with Crippen molar-refractivity contribution < 1.29 is 4.79 Å². The van der Waals surface area contributed by atoms with E-state index in [1.165, 1.54) is 19.3 Å². The Kier molecular flexibility index (Phi) is 6.18. The first-order chi connectivity index (χ1) is 10.1. The van der Waals surface area contributed by atoms with E-state index in [4.69, 9.17) is 0 Å². The number of carbonyl (C=O) groups is 1. The zero-order valence-electron chi connectivity index (χ0n) is 13.1. The average molecular weight is 289 g/mol. The van der Waals surface area contributed by atoms with E-state index < -0.39 is 0 Å². The lowest BCUT2D eigenvalue weighted by Gasteiger charge is -2.32. The molecule has 2 N–H and O–H groups in total. The minimum atomic E-state index is 0.101. The molecule has 4 heteroatoms. The van der Waals surface area contributed by atoms with E-state index in [0.717, 1.165) is 23.9 Å². The van der Waals surface area contributed by atoms with Crippen LogP contribution in [0.2, 0.25) is 0 Å². The highest BCUT2D eigenvalue weighted by molar-refractivity contribution is 5.76. The number of nitrogens with one attached hydrogen (secondary N) is 2. The summed E-state index contributed by atoms with van der Waals surface area (Å²) in [5, 5.41) is 6.46. The van der Waals surface area contributed by atoms with Gasteiger partial charge in [-0.15, -0.1) is 0 Å². The molecule has 0 bridgehead atoms. The van der Waals surface area contributed by atoms with E-state index in [0.29, 0.717) is 19.0 Å². The van der Waals surface area contributed by atoms with Gasteiger partial charge in [0.25, 0.3) is 0 Å². The zero-order valence-corrected chi connectivity index (χ0v) is 13.1. The van der Waals surface area contributed by atoms with Crippen molar-refractivity contribution in [1.29, 1.82) is 0 Å². The van der Waals surface area contributed by atoms with Crippen LogP contribution in [0.3, 0.4) is 0 Å². The third-order valence-corrected chi connectivity index (χ3v) is 4.60. The second-order valence-electron chi connectivity index (χ2n) is 6.31. The molecule has 1 aliphatic rings. The molecular formula is C17H27N3O. The van der Waals surface area contributed by atoms with Crippen LogP contribution in [-0.4, -0.2) is 23.5 Å². The molecule has 2 rings (SSSR count). The van der Waals surface area contributed by atoms with Gasteiger partial charge in [0.05, 0.1) is 0 Å². The molecule has 0 unspecified atom stereocenters. The SMILES string of the molecule is C[C@@H]1CC[C@H](NCCC(=O)NCc2cccnc2)C[C@@H]1C. The summed E-state index contributed by atoms with van der Waals surface area (Å²) in [5.41, 5.74) is 1.04. The summed E-state index contributed by atoms with van der Waals surface area (Å²) in [7, 11) is 0. The average Bonchev–Trinajstić information content (AvgIpc) is 2.50.